The van der Waals surface area contributed by atoms with Gasteiger partial charge in [-0.1, -0.05) is 0 Å². The summed E-state index contributed by atoms with van der Waals surface area (Å²) in [4.78, 5) is 15.1. The third-order valence-electron chi connectivity index (χ3n) is 4.36. The van der Waals surface area contributed by atoms with Crippen molar-refractivity contribution in [2.75, 3.05) is 24.8 Å². The van der Waals surface area contributed by atoms with Gasteiger partial charge in [0, 0.05) is 33.2 Å². The smallest absolute Gasteiger partial charge is 0.255 e. The van der Waals surface area contributed by atoms with Crippen LogP contribution in [0, 0.1) is 6.92 Å². The van der Waals surface area contributed by atoms with Gasteiger partial charge in [-0.2, -0.15) is 0 Å². The Kier molecular flexibility index (Phi) is 6.76. The van der Waals surface area contributed by atoms with Crippen molar-refractivity contribution in [1.82, 2.24) is 4.72 Å². The van der Waals surface area contributed by atoms with Gasteiger partial charge in [-0.3, -0.25) is 4.79 Å². The van der Waals surface area contributed by atoms with E-state index in [-0.39, 0.29) is 10.5 Å². The Labute approximate surface area is 180 Å². The highest BCUT2D eigenvalue weighted by molar-refractivity contribution is 7.89. The van der Waals surface area contributed by atoms with E-state index in [4.69, 9.17) is 4.74 Å². The minimum Gasteiger partial charge on any atom is -0.497 e. The molecule has 0 saturated heterocycles. The molecule has 30 heavy (non-hydrogen) atoms. The summed E-state index contributed by atoms with van der Waals surface area (Å²) in [6, 6.07) is 15.4. The molecule has 1 amide bonds. The third-order valence-corrected chi connectivity index (χ3v) is 6.75. The number of amides is 1. The van der Waals surface area contributed by atoms with Gasteiger partial charge in [-0.05, 0) is 68.6 Å². The highest BCUT2D eigenvalue weighted by atomic mass is 32.2. The van der Waals surface area contributed by atoms with Gasteiger partial charge in [0.15, 0.2) is 0 Å². The molecule has 0 bridgehead atoms. The van der Waals surface area contributed by atoms with E-state index in [9.17, 15) is 13.2 Å². The number of benzene rings is 2. The summed E-state index contributed by atoms with van der Waals surface area (Å²) in [6.07, 6.45) is 0. The molecule has 0 radical (unpaired) electrons. The summed E-state index contributed by atoms with van der Waals surface area (Å²) >= 11 is 1.65. The van der Waals surface area contributed by atoms with Crippen LogP contribution in [0.4, 0.5) is 11.4 Å². The summed E-state index contributed by atoms with van der Waals surface area (Å²) in [5, 5.41) is 5.98. The summed E-state index contributed by atoms with van der Waals surface area (Å²) in [6.45, 7) is 2.55. The van der Waals surface area contributed by atoms with E-state index in [1.165, 1.54) is 24.1 Å². The Bertz CT molecular complexity index is 1140. The van der Waals surface area contributed by atoms with Crippen LogP contribution in [-0.4, -0.2) is 28.5 Å². The molecule has 0 aliphatic heterocycles. The lowest BCUT2D eigenvalue weighted by Gasteiger charge is -2.12. The number of hydrogen-bond acceptors (Lipinski definition) is 6. The molecule has 7 nitrogen and oxygen atoms in total. The third kappa shape index (κ3) is 5.38. The maximum absolute atomic E-state index is 12.8. The summed E-state index contributed by atoms with van der Waals surface area (Å²) in [5.74, 6) is 0.258. The van der Waals surface area contributed by atoms with Gasteiger partial charge in [0.05, 0.1) is 12.0 Å². The van der Waals surface area contributed by atoms with Gasteiger partial charge in [-0.15, -0.1) is 11.3 Å². The molecule has 2 aromatic carbocycles. The molecule has 0 fully saturated rings. The van der Waals surface area contributed by atoms with E-state index in [0.29, 0.717) is 23.7 Å². The number of hydrogen-bond donors (Lipinski definition) is 3. The fraction of sp³-hybridized carbons (Fsp3) is 0.190. The van der Waals surface area contributed by atoms with Crippen LogP contribution in [0.2, 0.25) is 0 Å². The molecule has 0 atom stereocenters. The normalized spacial score (nSPS) is 11.2. The zero-order valence-corrected chi connectivity index (χ0v) is 18.5. The molecule has 3 aromatic rings. The minimum atomic E-state index is -3.72. The Morgan fingerprint density at radius 1 is 1.03 bits per heavy atom. The maximum atomic E-state index is 12.8. The molecule has 158 valence electrons. The summed E-state index contributed by atoms with van der Waals surface area (Å²) in [5.41, 5.74) is 1.34. The second kappa shape index (κ2) is 9.29. The van der Waals surface area contributed by atoms with Crippen molar-refractivity contribution < 1.29 is 17.9 Å². The Morgan fingerprint density at radius 3 is 2.37 bits per heavy atom. The number of methoxy groups -OCH3 is 1. The van der Waals surface area contributed by atoms with Crippen molar-refractivity contribution in [3.63, 3.8) is 0 Å². The van der Waals surface area contributed by atoms with Crippen molar-refractivity contribution >= 4 is 38.6 Å². The monoisotopic (exact) mass is 445 g/mol. The predicted molar refractivity (Wildman–Crippen MR) is 120 cm³/mol. The van der Waals surface area contributed by atoms with Crippen LogP contribution in [0.5, 0.6) is 5.75 Å². The van der Waals surface area contributed by atoms with E-state index in [0.717, 1.165) is 4.88 Å². The van der Waals surface area contributed by atoms with Gasteiger partial charge in [0.1, 0.15) is 5.75 Å². The lowest BCUT2D eigenvalue weighted by atomic mass is 10.1. The van der Waals surface area contributed by atoms with Gasteiger partial charge < -0.3 is 15.4 Å². The second-order valence-corrected chi connectivity index (χ2v) is 9.76. The maximum Gasteiger partial charge on any atom is 0.255 e. The number of rotatable bonds is 8. The lowest BCUT2D eigenvalue weighted by molar-refractivity contribution is 0.102. The molecule has 0 saturated carbocycles. The quantitative estimate of drug-likeness (QED) is 0.490. The summed E-state index contributed by atoms with van der Waals surface area (Å²) in [7, 11) is -0.824. The molecular weight excluding hydrogens is 422 g/mol. The van der Waals surface area contributed by atoms with E-state index >= 15 is 0 Å². The van der Waals surface area contributed by atoms with E-state index in [1.807, 2.05) is 19.1 Å². The first kappa shape index (κ1) is 21.8. The molecular formula is C21H23N3O4S2. The van der Waals surface area contributed by atoms with E-state index in [2.05, 4.69) is 15.4 Å². The fourth-order valence-corrected chi connectivity index (χ4v) is 4.38. The van der Waals surface area contributed by atoms with Gasteiger partial charge in [0.2, 0.25) is 10.0 Å². The number of ether oxygens (including phenoxy) is 1. The van der Waals surface area contributed by atoms with Crippen molar-refractivity contribution in [3.8, 4) is 5.75 Å². The van der Waals surface area contributed by atoms with Crippen LogP contribution in [0.25, 0.3) is 0 Å². The molecule has 9 heteroatoms. The molecule has 3 N–H and O–H groups in total. The Balaban J connectivity index is 1.87. The van der Waals surface area contributed by atoms with Crippen LogP contribution >= 0.6 is 11.3 Å². The van der Waals surface area contributed by atoms with Crippen LogP contribution in [-0.2, 0) is 16.6 Å². The average Bonchev–Trinajstić information content (AvgIpc) is 3.17. The first-order valence-electron chi connectivity index (χ1n) is 9.14. The second-order valence-electron chi connectivity index (χ2n) is 6.50. The van der Waals surface area contributed by atoms with Crippen LogP contribution in [0.3, 0.4) is 0 Å². The zero-order chi connectivity index (χ0) is 21.7. The van der Waals surface area contributed by atoms with E-state index < -0.39 is 15.9 Å². The van der Waals surface area contributed by atoms with Gasteiger partial charge in [0.25, 0.3) is 5.91 Å². The van der Waals surface area contributed by atoms with Crippen LogP contribution in [0.15, 0.2) is 59.5 Å². The Morgan fingerprint density at radius 2 is 1.77 bits per heavy atom. The van der Waals surface area contributed by atoms with Gasteiger partial charge in [-0.25, -0.2) is 13.1 Å². The largest absolute Gasteiger partial charge is 0.497 e. The molecule has 0 aliphatic carbocycles. The molecule has 0 unspecified atom stereocenters. The number of sulfonamides is 1. The molecule has 1 heterocycles. The van der Waals surface area contributed by atoms with Crippen molar-refractivity contribution in [1.29, 1.82) is 0 Å². The number of carbonyl (C=O) groups excluding carboxylic acids is 1. The van der Waals surface area contributed by atoms with E-state index in [1.54, 1.807) is 48.8 Å². The fourth-order valence-electron chi connectivity index (χ4n) is 2.75. The highest BCUT2D eigenvalue weighted by Crippen LogP contribution is 2.23. The number of thiophene rings is 1. The first-order chi connectivity index (χ1) is 14.3. The zero-order valence-electron chi connectivity index (χ0n) is 16.9. The topological polar surface area (TPSA) is 96.5 Å². The van der Waals surface area contributed by atoms with Crippen molar-refractivity contribution in [2.45, 2.75) is 18.4 Å². The number of anilines is 2. The number of nitrogens with one attached hydrogen (secondary N) is 3. The van der Waals surface area contributed by atoms with Crippen LogP contribution in [0.1, 0.15) is 20.1 Å². The number of aryl methyl sites for hydroxylation is 1. The summed E-state index contributed by atoms with van der Waals surface area (Å²) < 4.78 is 32.1. The van der Waals surface area contributed by atoms with Crippen molar-refractivity contribution in [3.05, 3.63) is 69.9 Å². The standard InChI is InChI=1S/C21H23N3O4S2/c1-14-4-9-19(29-14)13-23-17-10-15(11-20(12-17)30(26,27)22-2)21(25)24-16-5-7-18(28-3)8-6-16/h4-12,22-23H,13H2,1-3H3,(H,24,25). The highest BCUT2D eigenvalue weighted by Gasteiger charge is 2.17. The van der Waals surface area contributed by atoms with Crippen LogP contribution < -0.4 is 20.1 Å². The first-order valence-corrected chi connectivity index (χ1v) is 11.4. The Hall–Kier alpha value is -2.88. The SMILES string of the molecule is CNS(=O)(=O)c1cc(NCc2ccc(C)s2)cc(C(=O)Nc2ccc(OC)cc2)c1. The number of carbonyl (C=O) groups is 1. The lowest BCUT2D eigenvalue weighted by Crippen LogP contribution is -2.20. The molecule has 1 aromatic heterocycles. The predicted octanol–water partition coefficient (Wildman–Crippen LogP) is 3.84. The van der Waals surface area contributed by atoms with Gasteiger partial charge >= 0.3 is 0 Å². The average molecular weight is 446 g/mol. The molecule has 3 rings (SSSR count). The molecule has 0 aliphatic rings. The molecule has 0 spiro atoms. The van der Waals surface area contributed by atoms with Crippen molar-refractivity contribution in [2.24, 2.45) is 0 Å². The minimum absolute atomic E-state index is 0.0113.